The summed E-state index contributed by atoms with van der Waals surface area (Å²) in [5, 5.41) is 0. The van der Waals surface area contributed by atoms with Crippen molar-refractivity contribution in [2.45, 2.75) is 47.8 Å². The van der Waals surface area contributed by atoms with Crippen molar-refractivity contribution in [3.8, 4) is 22.4 Å². The molecule has 0 fully saturated rings. The minimum atomic E-state index is -2.49. The maximum Gasteiger partial charge on any atom is 0.212 e. The summed E-state index contributed by atoms with van der Waals surface area (Å²) >= 11 is 0. The largest absolute Gasteiger partial charge is 0.212 e. The first kappa shape index (κ1) is 11.4. The second kappa shape index (κ2) is 7.31. The Labute approximate surface area is 175 Å². The summed E-state index contributed by atoms with van der Waals surface area (Å²) in [4.78, 5) is 0. The number of benzene rings is 2. The highest BCUT2D eigenvalue weighted by Crippen LogP contribution is 2.33. The highest BCUT2D eigenvalue weighted by atomic mass is 14.9. The summed E-state index contributed by atoms with van der Waals surface area (Å²) in [7, 11) is 1.74. The molecule has 140 valence electrons. The van der Waals surface area contributed by atoms with Gasteiger partial charge in [0.05, 0.1) is 0 Å². The Morgan fingerprint density at radius 2 is 1.59 bits per heavy atom. The van der Waals surface area contributed by atoms with Crippen LogP contribution in [0.25, 0.3) is 22.4 Å². The number of aryl methyl sites for hydroxylation is 3. The van der Waals surface area contributed by atoms with Crippen LogP contribution in [0.1, 0.15) is 54.0 Å². The minimum absolute atomic E-state index is 0.0229. The molecule has 0 unspecified atom stereocenters. The third kappa shape index (κ3) is 4.13. The quantitative estimate of drug-likeness (QED) is 0.475. The molecule has 0 aliphatic carbocycles. The molecule has 1 heteroatoms. The zero-order valence-electron chi connectivity index (χ0n) is 24.6. The first-order valence-corrected chi connectivity index (χ1v) is 9.12. The van der Waals surface area contributed by atoms with Gasteiger partial charge in [-0.15, -0.1) is 0 Å². The molecule has 1 heterocycles. The maximum absolute atomic E-state index is 8.84. The fraction of sp³-hybridized carbons (Fsp3) is 0.346. The molecule has 1 nitrogen and oxygen atoms in total. The van der Waals surface area contributed by atoms with Crippen molar-refractivity contribution in [2.24, 2.45) is 12.5 Å². The topological polar surface area (TPSA) is 3.88 Å². The molecule has 0 spiro atoms. The van der Waals surface area contributed by atoms with E-state index in [1.807, 2.05) is 25.1 Å². The highest BCUT2D eigenvalue weighted by molar-refractivity contribution is 5.77. The Morgan fingerprint density at radius 3 is 2.30 bits per heavy atom. The number of hydrogen-bond donors (Lipinski definition) is 0. The summed E-state index contributed by atoms with van der Waals surface area (Å²) in [5.41, 5.74) is 3.13. The summed E-state index contributed by atoms with van der Waals surface area (Å²) < 4.78 is 67.4. The van der Waals surface area contributed by atoms with Gasteiger partial charge in [0.15, 0.2) is 6.20 Å². The van der Waals surface area contributed by atoms with E-state index in [2.05, 4.69) is 0 Å². The third-order valence-electron chi connectivity index (χ3n) is 4.61. The van der Waals surface area contributed by atoms with E-state index < -0.39 is 25.5 Å². The molecule has 2 aromatic carbocycles. The van der Waals surface area contributed by atoms with Crippen LogP contribution in [-0.4, -0.2) is 0 Å². The van der Waals surface area contributed by atoms with Gasteiger partial charge in [0.2, 0.25) is 5.69 Å². The molecule has 0 bridgehead atoms. The van der Waals surface area contributed by atoms with E-state index in [0.29, 0.717) is 11.3 Å². The van der Waals surface area contributed by atoms with Gasteiger partial charge in [0, 0.05) is 28.2 Å². The van der Waals surface area contributed by atoms with E-state index in [1.54, 1.807) is 62.7 Å². The van der Waals surface area contributed by atoms with E-state index in [-0.39, 0.29) is 16.7 Å². The normalized spacial score (nSPS) is 17.5. The first-order valence-electron chi connectivity index (χ1n) is 13.1. The monoisotopic (exact) mass is 366 g/mol. The molecule has 1 aromatic heterocycles. The van der Waals surface area contributed by atoms with Crippen molar-refractivity contribution < 1.29 is 15.5 Å². The Balaban J connectivity index is 2.34. The fourth-order valence-corrected chi connectivity index (χ4v) is 3.35. The van der Waals surface area contributed by atoms with Crippen LogP contribution >= 0.6 is 0 Å². The lowest BCUT2D eigenvalue weighted by atomic mass is 9.86. The predicted octanol–water partition coefficient (Wildman–Crippen LogP) is 6.36. The van der Waals surface area contributed by atoms with Gasteiger partial charge in [-0.25, -0.2) is 4.57 Å². The van der Waals surface area contributed by atoms with Gasteiger partial charge < -0.3 is 0 Å². The van der Waals surface area contributed by atoms with Crippen molar-refractivity contribution in [2.75, 3.05) is 0 Å². The maximum atomic E-state index is 8.84. The number of aromatic nitrogens is 1. The summed E-state index contributed by atoms with van der Waals surface area (Å²) in [6, 6.07) is 14.1. The lowest BCUT2D eigenvalue weighted by Gasteiger charge is -2.20. The summed E-state index contributed by atoms with van der Waals surface area (Å²) in [6.07, 6.45) is -0.428. The smallest absolute Gasteiger partial charge is 0.201 e. The Bertz CT molecular complexity index is 1250. The second-order valence-corrected chi connectivity index (χ2v) is 8.00. The van der Waals surface area contributed by atoms with Gasteiger partial charge in [-0.05, 0) is 66.3 Å². The standard InChI is InChI=1S/C26H32N/c1-18-11-8-9-12-22(18)23-13-10-14-24(20(23)3)25-15-21(16-26(4,5)6)19(2)17-27(25)7/h8-15,17H,16H2,1-7H3/q+1/i1D3,2D3,16D2. The number of hydrogen-bond acceptors (Lipinski definition) is 0. The van der Waals surface area contributed by atoms with Gasteiger partial charge in [0.1, 0.15) is 7.05 Å². The molecule has 0 amide bonds. The van der Waals surface area contributed by atoms with Crippen LogP contribution in [0.3, 0.4) is 0 Å². The Morgan fingerprint density at radius 1 is 0.926 bits per heavy atom. The summed E-state index contributed by atoms with van der Waals surface area (Å²) in [6.45, 7) is 2.39. The van der Waals surface area contributed by atoms with Gasteiger partial charge in [-0.3, -0.25) is 0 Å². The van der Waals surface area contributed by atoms with Crippen LogP contribution in [0.15, 0.2) is 54.7 Å². The average Bonchev–Trinajstić information content (AvgIpc) is 2.72. The lowest BCUT2D eigenvalue weighted by molar-refractivity contribution is -0.660. The lowest BCUT2D eigenvalue weighted by Crippen LogP contribution is -2.32. The van der Waals surface area contributed by atoms with Crippen LogP contribution in [0.2, 0.25) is 0 Å². The highest BCUT2D eigenvalue weighted by Gasteiger charge is 2.20. The molecule has 0 atom stereocenters. The van der Waals surface area contributed by atoms with E-state index in [9.17, 15) is 0 Å². The van der Waals surface area contributed by atoms with Crippen molar-refractivity contribution in [1.29, 1.82) is 0 Å². The molecule has 0 radical (unpaired) electrons. The Hall–Kier alpha value is -2.41. The third-order valence-corrected chi connectivity index (χ3v) is 4.61. The number of nitrogens with zero attached hydrogens (tertiary/aromatic N) is 1. The Kier molecular flexibility index (Phi) is 3.10. The van der Waals surface area contributed by atoms with Crippen LogP contribution in [0, 0.1) is 26.0 Å². The van der Waals surface area contributed by atoms with Crippen molar-refractivity contribution in [3.63, 3.8) is 0 Å². The average molecular weight is 367 g/mol. The van der Waals surface area contributed by atoms with Crippen LogP contribution in [-0.2, 0) is 13.4 Å². The summed E-state index contributed by atoms with van der Waals surface area (Å²) in [5.74, 6) is 0. The van der Waals surface area contributed by atoms with Crippen molar-refractivity contribution >= 4 is 0 Å². The van der Waals surface area contributed by atoms with Gasteiger partial charge in [0.25, 0.3) is 0 Å². The zero-order chi connectivity index (χ0) is 26.6. The van der Waals surface area contributed by atoms with Gasteiger partial charge in [-0.2, -0.15) is 0 Å². The molecular weight excluding hydrogens is 326 g/mol. The van der Waals surface area contributed by atoms with Crippen molar-refractivity contribution in [1.82, 2.24) is 0 Å². The van der Waals surface area contributed by atoms with Crippen molar-refractivity contribution in [3.05, 3.63) is 77.0 Å². The molecule has 3 rings (SSSR count). The zero-order valence-corrected chi connectivity index (χ0v) is 16.6. The van der Waals surface area contributed by atoms with E-state index in [1.165, 1.54) is 6.20 Å². The molecule has 0 aliphatic heterocycles. The molecule has 27 heavy (non-hydrogen) atoms. The van der Waals surface area contributed by atoms with Gasteiger partial charge >= 0.3 is 0 Å². The van der Waals surface area contributed by atoms with E-state index >= 15 is 0 Å². The molecule has 0 saturated carbocycles. The minimum Gasteiger partial charge on any atom is -0.201 e. The fourth-order valence-electron chi connectivity index (χ4n) is 3.35. The molecule has 3 aromatic rings. The van der Waals surface area contributed by atoms with Crippen LogP contribution in [0.4, 0.5) is 0 Å². The number of pyridine rings is 1. The van der Waals surface area contributed by atoms with Gasteiger partial charge in [-0.1, -0.05) is 57.2 Å². The van der Waals surface area contributed by atoms with Crippen LogP contribution in [0.5, 0.6) is 0 Å². The molecule has 0 saturated heterocycles. The van der Waals surface area contributed by atoms with E-state index in [0.717, 1.165) is 16.7 Å². The molecule has 0 aliphatic rings. The SMILES string of the molecule is [2H]C([2H])([2H])c1ccccc1-c1cccc(-c2cc(C([2H])([2H])C(C)(C)C)c(C([2H])([2H])[2H])c[n+]2C)c1C. The first-order chi connectivity index (χ1) is 15.9. The molecular formula is C26H32N+. The second-order valence-electron chi connectivity index (χ2n) is 8.00. The van der Waals surface area contributed by atoms with Crippen LogP contribution < -0.4 is 4.57 Å². The van der Waals surface area contributed by atoms with E-state index in [4.69, 9.17) is 11.0 Å². The molecule has 0 N–H and O–H groups in total. The number of rotatable bonds is 3. The predicted molar refractivity (Wildman–Crippen MR) is 116 cm³/mol.